The fourth-order valence-corrected chi connectivity index (χ4v) is 7.79. The van der Waals surface area contributed by atoms with Gasteiger partial charge in [-0.2, -0.15) is 4.31 Å². The van der Waals surface area contributed by atoms with Gasteiger partial charge in [0, 0.05) is 47.8 Å². The van der Waals surface area contributed by atoms with Crippen molar-refractivity contribution < 1.29 is 26.5 Å². The molecule has 5 rings (SSSR count). The van der Waals surface area contributed by atoms with Gasteiger partial charge in [0.05, 0.1) is 5.69 Å². The molecule has 0 radical (unpaired) electrons. The first-order valence-corrected chi connectivity index (χ1v) is 15.2. The second-order valence-electron chi connectivity index (χ2n) is 9.97. The van der Waals surface area contributed by atoms with Crippen LogP contribution in [0.2, 0.25) is 0 Å². The van der Waals surface area contributed by atoms with Crippen LogP contribution >= 0.6 is 11.8 Å². The summed E-state index contributed by atoms with van der Waals surface area (Å²) >= 11 is 1.75. The van der Waals surface area contributed by atoms with Gasteiger partial charge in [-0.1, -0.05) is 24.2 Å². The highest BCUT2D eigenvalue weighted by atomic mass is 32.2. The van der Waals surface area contributed by atoms with Crippen molar-refractivity contribution in [2.24, 2.45) is 11.8 Å². The Hall–Kier alpha value is -3.02. The lowest BCUT2D eigenvalue weighted by Gasteiger charge is -2.34. The van der Waals surface area contributed by atoms with Gasteiger partial charge in [0.2, 0.25) is 15.9 Å². The summed E-state index contributed by atoms with van der Waals surface area (Å²) in [6.07, 6.45) is 3.43. The summed E-state index contributed by atoms with van der Waals surface area (Å²) in [4.78, 5) is 16.5. The maximum Gasteiger partial charge on any atom is 0.248 e. The molecule has 0 bridgehead atoms. The minimum atomic E-state index is -3.99. The van der Waals surface area contributed by atoms with E-state index in [1.807, 2.05) is 29.2 Å². The smallest absolute Gasteiger partial charge is 0.248 e. The third-order valence-corrected chi connectivity index (χ3v) is 10.5. The standard InChI is InChI=1S/C28H29F2N3O4S2/c1-18-16-33(24-5-3-4-6-26(24)38-17-18)28(34)21-11-13-32(14-12-21)39(35,36)27-19(2)31-37-25(27)10-8-20-7-9-22(29)15-23(20)30/h3-10,15,18,21H,11-14,16-17H2,1-2H3/b10-8+/t18-/m0/s1. The van der Waals surface area contributed by atoms with Gasteiger partial charge in [0.15, 0.2) is 10.7 Å². The SMILES string of the molecule is Cc1noc(/C=C/c2ccc(F)cc2F)c1S(=O)(=O)N1CCC(C(=O)N2C[C@H](C)CSc3ccccc32)CC1. The molecule has 1 saturated heterocycles. The van der Waals surface area contributed by atoms with Gasteiger partial charge in [0.25, 0.3) is 0 Å². The van der Waals surface area contributed by atoms with Gasteiger partial charge in [-0.05, 0) is 62.1 Å². The van der Waals surface area contributed by atoms with Crippen LogP contribution in [-0.4, -0.2) is 49.2 Å². The van der Waals surface area contributed by atoms with Crippen LogP contribution in [0.5, 0.6) is 0 Å². The zero-order valence-electron chi connectivity index (χ0n) is 21.6. The monoisotopic (exact) mass is 573 g/mol. The van der Waals surface area contributed by atoms with Crippen LogP contribution in [0.3, 0.4) is 0 Å². The summed E-state index contributed by atoms with van der Waals surface area (Å²) in [6.45, 7) is 4.65. The van der Waals surface area contributed by atoms with Crippen LogP contribution < -0.4 is 4.90 Å². The van der Waals surface area contributed by atoms with Gasteiger partial charge >= 0.3 is 0 Å². The molecule has 2 aliphatic rings. The Labute approximate surface area is 230 Å². The number of hydrogen-bond acceptors (Lipinski definition) is 6. The molecule has 1 fully saturated rings. The van der Waals surface area contributed by atoms with Crippen LogP contribution in [0.25, 0.3) is 12.2 Å². The fourth-order valence-electron chi connectivity index (χ4n) is 5.00. The number of aromatic nitrogens is 1. The van der Waals surface area contributed by atoms with Crippen molar-refractivity contribution >= 4 is 45.5 Å². The molecule has 0 unspecified atom stereocenters. The molecule has 3 heterocycles. The molecule has 2 aliphatic heterocycles. The van der Waals surface area contributed by atoms with E-state index in [4.69, 9.17) is 4.52 Å². The van der Waals surface area contributed by atoms with Gasteiger partial charge in [0.1, 0.15) is 17.3 Å². The van der Waals surface area contributed by atoms with E-state index in [-0.39, 0.29) is 46.8 Å². The summed E-state index contributed by atoms with van der Waals surface area (Å²) in [5.41, 5.74) is 1.18. The fraction of sp³-hybridized carbons (Fsp3) is 0.357. The van der Waals surface area contributed by atoms with Gasteiger partial charge in [-0.25, -0.2) is 17.2 Å². The number of sulfonamides is 1. The first-order valence-electron chi connectivity index (χ1n) is 12.8. The maximum atomic E-state index is 14.0. The molecule has 0 saturated carbocycles. The Morgan fingerprint density at radius 1 is 1.13 bits per heavy atom. The van der Waals surface area contributed by atoms with E-state index < -0.39 is 21.7 Å². The number of hydrogen-bond donors (Lipinski definition) is 0. The lowest BCUT2D eigenvalue weighted by atomic mass is 9.95. The molecule has 1 atom stereocenters. The number of thioether (sulfide) groups is 1. The number of aryl methyl sites for hydroxylation is 1. The van der Waals surface area contributed by atoms with E-state index in [0.717, 1.165) is 28.5 Å². The molecule has 1 amide bonds. The molecular formula is C28H29F2N3O4S2. The van der Waals surface area contributed by atoms with E-state index in [2.05, 4.69) is 12.1 Å². The zero-order valence-corrected chi connectivity index (χ0v) is 23.3. The summed E-state index contributed by atoms with van der Waals surface area (Å²) in [5, 5.41) is 3.82. The number of piperidine rings is 1. The van der Waals surface area contributed by atoms with Crippen LogP contribution in [0.4, 0.5) is 14.5 Å². The molecule has 11 heteroatoms. The number of benzene rings is 2. The number of carbonyl (C=O) groups excluding carboxylic acids is 1. The Kier molecular flexibility index (Phi) is 7.93. The highest BCUT2D eigenvalue weighted by Gasteiger charge is 2.38. The number of anilines is 1. The highest BCUT2D eigenvalue weighted by molar-refractivity contribution is 7.99. The van der Waals surface area contributed by atoms with Crippen molar-refractivity contribution in [3.63, 3.8) is 0 Å². The van der Waals surface area contributed by atoms with Crippen LogP contribution in [0.15, 0.2) is 56.8 Å². The largest absolute Gasteiger partial charge is 0.355 e. The quantitative estimate of drug-likeness (QED) is 0.395. The highest BCUT2D eigenvalue weighted by Crippen LogP contribution is 2.37. The molecule has 0 spiro atoms. The van der Waals surface area contributed by atoms with E-state index in [1.165, 1.54) is 29.4 Å². The van der Waals surface area contributed by atoms with Crippen molar-refractivity contribution in [1.29, 1.82) is 0 Å². The molecule has 39 heavy (non-hydrogen) atoms. The first kappa shape index (κ1) is 27.5. The van der Waals surface area contributed by atoms with E-state index in [9.17, 15) is 22.0 Å². The van der Waals surface area contributed by atoms with E-state index >= 15 is 0 Å². The topological polar surface area (TPSA) is 83.7 Å². The predicted octanol–water partition coefficient (Wildman–Crippen LogP) is 5.61. The minimum absolute atomic E-state index is 0.0277. The summed E-state index contributed by atoms with van der Waals surface area (Å²) in [6, 6.07) is 11.0. The molecule has 0 N–H and O–H groups in total. The number of nitrogens with zero attached hydrogens (tertiary/aromatic N) is 3. The summed E-state index contributed by atoms with van der Waals surface area (Å²) in [5.74, 6) is -0.526. The van der Waals surface area contributed by atoms with Gasteiger partial charge < -0.3 is 9.42 Å². The summed E-state index contributed by atoms with van der Waals surface area (Å²) in [7, 11) is -3.99. The third-order valence-electron chi connectivity index (χ3n) is 7.05. The number of carbonyl (C=O) groups is 1. The maximum absolute atomic E-state index is 14.0. The minimum Gasteiger partial charge on any atom is -0.355 e. The Morgan fingerprint density at radius 3 is 2.62 bits per heavy atom. The van der Waals surface area contributed by atoms with Crippen molar-refractivity contribution in [3.8, 4) is 0 Å². The first-order chi connectivity index (χ1) is 18.6. The molecule has 0 aliphatic carbocycles. The van der Waals surface area contributed by atoms with E-state index in [1.54, 1.807) is 11.8 Å². The average Bonchev–Trinajstić information content (AvgIpc) is 3.21. The van der Waals surface area contributed by atoms with Crippen molar-refractivity contribution in [1.82, 2.24) is 9.46 Å². The van der Waals surface area contributed by atoms with E-state index in [0.29, 0.717) is 25.3 Å². The van der Waals surface area contributed by atoms with Crippen molar-refractivity contribution in [3.05, 3.63) is 71.1 Å². The second kappa shape index (κ2) is 11.2. The Morgan fingerprint density at radius 2 is 1.87 bits per heavy atom. The normalized spacial score (nSPS) is 19.3. The molecule has 3 aromatic rings. The second-order valence-corrected chi connectivity index (χ2v) is 12.9. The van der Waals surface area contributed by atoms with Crippen LogP contribution in [-0.2, 0) is 14.8 Å². The Bertz CT molecular complexity index is 1510. The number of fused-ring (bicyclic) bond motifs is 1. The van der Waals surface area contributed by atoms with Crippen LogP contribution in [0, 0.1) is 30.4 Å². The summed E-state index contributed by atoms with van der Waals surface area (Å²) < 4.78 is 61.1. The van der Waals surface area contributed by atoms with Crippen molar-refractivity contribution in [2.45, 2.75) is 36.5 Å². The number of amides is 1. The lowest BCUT2D eigenvalue weighted by Crippen LogP contribution is -2.45. The number of rotatable bonds is 5. The van der Waals surface area contributed by atoms with Crippen molar-refractivity contribution in [2.75, 3.05) is 30.3 Å². The molecular weight excluding hydrogens is 544 g/mol. The zero-order chi connectivity index (χ0) is 27.7. The van der Waals surface area contributed by atoms with Gasteiger partial charge in [-0.15, -0.1) is 11.8 Å². The number of para-hydroxylation sites is 1. The predicted molar refractivity (Wildman–Crippen MR) is 147 cm³/mol. The molecule has 1 aromatic heterocycles. The van der Waals surface area contributed by atoms with Crippen LogP contribution in [0.1, 0.15) is 36.8 Å². The Balaban J connectivity index is 1.32. The molecule has 206 valence electrons. The number of halogens is 2. The lowest BCUT2D eigenvalue weighted by molar-refractivity contribution is -0.123. The molecule has 2 aromatic carbocycles. The van der Waals surface area contributed by atoms with Gasteiger partial charge in [-0.3, -0.25) is 4.79 Å². The third kappa shape index (κ3) is 5.66. The average molecular weight is 574 g/mol. The molecule has 7 nitrogen and oxygen atoms in total.